The number of para-hydroxylation sites is 2. The largest absolute Gasteiger partial charge is 0.376 e. The average Bonchev–Trinajstić information content (AvgIpc) is 2.46. The topological polar surface area (TPSA) is 18.5 Å². The number of benzene rings is 1. The Balaban J connectivity index is 2.41. The summed E-state index contributed by atoms with van der Waals surface area (Å²) in [5.41, 5.74) is 2.87. The minimum atomic E-state index is 0.199. The van der Waals surface area contributed by atoms with E-state index >= 15 is 0 Å². The maximum Gasteiger partial charge on any atom is 0.0607 e. The molecule has 1 heterocycles. The van der Waals surface area contributed by atoms with E-state index in [9.17, 15) is 0 Å². The molecule has 1 fully saturated rings. The van der Waals surface area contributed by atoms with E-state index < -0.39 is 0 Å². The van der Waals surface area contributed by atoms with Crippen LogP contribution in [0, 0.1) is 5.92 Å². The first-order valence-corrected chi connectivity index (χ1v) is 8.16. The Labute approximate surface area is 130 Å². The lowest BCUT2D eigenvalue weighted by molar-refractivity contribution is 0.253. The van der Waals surface area contributed by atoms with Gasteiger partial charge in [-0.15, -0.1) is 0 Å². The van der Waals surface area contributed by atoms with Crippen molar-refractivity contribution in [1.29, 1.82) is 0 Å². The summed E-state index contributed by atoms with van der Waals surface area (Å²) in [7, 11) is 4.26. The van der Waals surface area contributed by atoms with Gasteiger partial charge in [-0.05, 0) is 31.4 Å². The molecular weight excluding hydrogens is 258 g/mol. The van der Waals surface area contributed by atoms with Crippen molar-refractivity contribution < 1.29 is 0 Å². The number of hydrogen-bond acceptors (Lipinski definition) is 3. The van der Waals surface area contributed by atoms with Gasteiger partial charge in [-0.25, -0.2) is 0 Å². The minimum absolute atomic E-state index is 0.199. The van der Waals surface area contributed by atoms with Crippen molar-refractivity contribution in [3.05, 3.63) is 24.3 Å². The highest BCUT2D eigenvalue weighted by Gasteiger charge is 2.36. The maximum absolute atomic E-state index is 3.77. The molecule has 2 atom stereocenters. The summed E-state index contributed by atoms with van der Waals surface area (Å²) < 4.78 is 0. The van der Waals surface area contributed by atoms with Gasteiger partial charge in [0.2, 0.25) is 0 Å². The lowest BCUT2D eigenvalue weighted by Crippen LogP contribution is -2.64. The van der Waals surface area contributed by atoms with Crippen molar-refractivity contribution in [1.82, 2.24) is 5.32 Å². The Kier molecular flexibility index (Phi) is 4.82. The van der Waals surface area contributed by atoms with Crippen LogP contribution in [0.15, 0.2) is 24.3 Å². The predicted octanol–water partition coefficient (Wildman–Crippen LogP) is 3.36. The first kappa shape index (κ1) is 16.2. The van der Waals surface area contributed by atoms with E-state index in [0.29, 0.717) is 12.0 Å². The van der Waals surface area contributed by atoms with Crippen molar-refractivity contribution in [2.45, 2.75) is 45.7 Å². The fourth-order valence-corrected chi connectivity index (χ4v) is 3.19. The molecule has 0 saturated carbocycles. The molecule has 0 aromatic heterocycles. The summed E-state index contributed by atoms with van der Waals surface area (Å²) in [6.45, 7) is 11.4. The molecule has 21 heavy (non-hydrogen) atoms. The van der Waals surface area contributed by atoms with E-state index in [2.05, 4.69) is 81.2 Å². The summed E-state index contributed by atoms with van der Waals surface area (Å²) in [4.78, 5) is 4.85. The summed E-state index contributed by atoms with van der Waals surface area (Å²) in [6.07, 6.45) is 1.15. The highest BCUT2D eigenvalue weighted by molar-refractivity contribution is 5.71. The molecule has 2 rings (SSSR count). The summed E-state index contributed by atoms with van der Waals surface area (Å²) >= 11 is 0. The molecule has 2 unspecified atom stereocenters. The van der Waals surface area contributed by atoms with Crippen molar-refractivity contribution >= 4 is 11.4 Å². The zero-order chi connectivity index (χ0) is 15.6. The third-order valence-corrected chi connectivity index (χ3v) is 4.88. The zero-order valence-corrected chi connectivity index (χ0v) is 14.5. The highest BCUT2D eigenvalue weighted by atomic mass is 15.3. The quantitative estimate of drug-likeness (QED) is 0.917. The van der Waals surface area contributed by atoms with Gasteiger partial charge in [-0.2, -0.15) is 0 Å². The van der Waals surface area contributed by atoms with Crippen molar-refractivity contribution in [2.75, 3.05) is 37.0 Å². The van der Waals surface area contributed by atoms with Gasteiger partial charge in [-0.3, -0.25) is 0 Å². The third kappa shape index (κ3) is 3.34. The molecular formula is C18H31N3. The van der Waals surface area contributed by atoms with E-state index in [1.54, 1.807) is 0 Å². The van der Waals surface area contributed by atoms with Crippen LogP contribution in [0.3, 0.4) is 0 Å². The number of rotatable bonds is 4. The molecule has 0 bridgehead atoms. The van der Waals surface area contributed by atoms with Crippen LogP contribution < -0.4 is 15.1 Å². The molecule has 1 aromatic carbocycles. The van der Waals surface area contributed by atoms with Gasteiger partial charge in [0.05, 0.1) is 11.4 Å². The molecule has 0 spiro atoms. The Bertz CT molecular complexity index is 469. The van der Waals surface area contributed by atoms with Crippen LogP contribution in [0.2, 0.25) is 0 Å². The van der Waals surface area contributed by atoms with Gasteiger partial charge in [0, 0.05) is 38.8 Å². The minimum Gasteiger partial charge on any atom is -0.376 e. The second-order valence-electron chi connectivity index (χ2n) is 7.12. The molecule has 1 aliphatic heterocycles. The standard InChI is InChI=1S/C18H31N3/c1-7-18(4)13-21(17(12-19-18)14(2)3)16-11-9-8-10-15(16)20(5)6/h8-11,14,17,19H,7,12-13H2,1-6H3. The van der Waals surface area contributed by atoms with Crippen LogP contribution >= 0.6 is 0 Å². The van der Waals surface area contributed by atoms with E-state index in [1.165, 1.54) is 11.4 Å². The van der Waals surface area contributed by atoms with Crippen LogP contribution in [0.4, 0.5) is 11.4 Å². The van der Waals surface area contributed by atoms with E-state index in [0.717, 1.165) is 19.5 Å². The van der Waals surface area contributed by atoms with E-state index in [1.807, 2.05) is 0 Å². The van der Waals surface area contributed by atoms with Crippen LogP contribution in [0.1, 0.15) is 34.1 Å². The number of nitrogens with zero attached hydrogens (tertiary/aromatic N) is 2. The molecule has 1 aromatic rings. The summed E-state index contributed by atoms with van der Waals surface area (Å²) in [5.74, 6) is 0.633. The molecule has 0 aliphatic carbocycles. The van der Waals surface area contributed by atoms with Crippen LogP contribution in [-0.4, -0.2) is 38.8 Å². The van der Waals surface area contributed by atoms with Crippen molar-refractivity contribution in [3.8, 4) is 0 Å². The lowest BCUT2D eigenvalue weighted by Gasteiger charge is -2.49. The van der Waals surface area contributed by atoms with Crippen LogP contribution in [0.25, 0.3) is 0 Å². The molecule has 118 valence electrons. The number of piperazine rings is 1. The number of hydrogen-bond donors (Lipinski definition) is 1. The average molecular weight is 289 g/mol. The SMILES string of the molecule is CCC1(C)CN(c2ccccc2N(C)C)C(C(C)C)CN1. The smallest absolute Gasteiger partial charge is 0.0607 e. The molecule has 1 saturated heterocycles. The van der Waals surface area contributed by atoms with Gasteiger partial charge in [0.15, 0.2) is 0 Å². The zero-order valence-electron chi connectivity index (χ0n) is 14.5. The number of nitrogens with one attached hydrogen (secondary N) is 1. The first-order chi connectivity index (χ1) is 9.88. The normalized spacial score (nSPS) is 26.2. The van der Waals surface area contributed by atoms with Gasteiger partial charge < -0.3 is 15.1 Å². The fraction of sp³-hybridized carbons (Fsp3) is 0.667. The highest BCUT2D eigenvalue weighted by Crippen LogP contribution is 2.34. The summed E-state index contributed by atoms with van der Waals surface area (Å²) in [5, 5.41) is 3.77. The Morgan fingerprint density at radius 3 is 2.57 bits per heavy atom. The fourth-order valence-electron chi connectivity index (χ4n) is 3.19. The second kappa shape index (κ2) is 6.27. The van der Waals surface area contributed by atoms with Crippen LogP contribution in [0.5, 0.6) is 0 Å². The first-order valence-electron chi connectivity index (χ1n) is 8.16. The van der Waals surface area contributed by atoms with Gasteiger partial charge in [0.1, 0.15) is 0 Å². The third-order valence-electron chi connectivity index (χ3n) is 4.88. The monoisotopic (exact) mass is 289 g/mol. The Morgan fingerprint density at radius 1 is 1.33 bits per heavy atom. The van der Waals surface area contributed by atoms with Gasteiger partial charge in [0.25, 0.3) is 0 Å². The van der Waals surface area contributed by atoms with Crippen LogP contribution in [-0.2, 0) is 0 Å². The molecule has 0 amide bonds. The summed E-state index contributed by atoms with van der Waals surface area (Å²) in [6, 6.07) is 9.32. The van der Waals surface area contributed by atoms with Crippen molar-refractivity contribution in [3.63, 3.8) is 0 Å². The number of anilines is 2. The van der Waals surface area contributed by atoms with Crippen molar-refractivity contribution in [2.24, 2.45) is 5.92 Å². The van der Waals surface area contributed by atoms with Gasteiger partial charge >= 0.3 is 0 Å². The second-order valence-corrected chi connectivity index (χ2v) is 7.12. The predicted molar refractivity (Wildman–Crippen MR) is 93.4 cm³/mol. The molecule has 3 nitrogen and oxygen atoms in total. The molecule has 3 heteroatoms. The molecule has 1 aliphatic rings. The lowest BCUT2D eigenvalue weighted by atomic mass is 9.89. The molecule has 1 N–H and O–H groups in total. The van der Waals surface area contributed by atoms with E-state index in [4.69, 9.17) is 0 Å². The Hall–Kier alpha value is -1.22. The van der Waals surface area contributed by atoms with Gasteiger partial charge in [-0.1, -0.05) is 32.9 Å². The molecule has 0 radical (unpaired) electrons. The Morgan fingerprint density at radius 2 is 2.00 bits per heavy atom. The van der Waals surface area contributed by atoms with E-state index in [-0.39, 0.29) is 5.54 Å². The maximum atomic E-state index is 3.77.